The fraction of sp³-hybridized carbons (Fsp3) is 0.500. The van der Waals surface area contributed by atoms with Gasteiger partial charge in [-0.2, -0.15) is 0 Å². The van der Waals surface area contributed by atoms with Crippen LogP contribution in [-0.2, 0) is 4.79 Å². The van der Waals surface area contributed by atoms with Crippen molar-refractivity contribution in [3.05, 3.63) is 29.8 Å². The van der Waals surface area contributed by atoms with E-state index in [0.717, 1.165) is 12.0 Å². The van der Waals surface area contributed by atoms with Crippen LogP contribution in [0, 0.1) is 6.92 Å². The van der Waals surface area contributed by atoms with E-state index in [0.29, 0.717) is 12.2 Å². The predicted molar refractivity (Wildman–Crippen MR) is 83.7 cm³/mol. The predicted octanol–water partition coefficient (Wildman–Crippen LogP) is 3.13. The van der Waals surface area contributed by atoms with Crippen LogP contribution >= 0.6 is 0 Å². The SMILES string of the molecule is CCCN(C(=O)N(CC(=O)O)c1ccc(C)cc1)C(C)C. The van der Waals surface area contributed by atoms with E-state index < -0.39 is 5.97 Å². The zero-order valence-corrected chi connectivity index (χ0v) is 13.2. The molecule has 2 amide bonds. The molecule has 0 spiro atoms. The van der Waals surface area contributed by atoms with Gasteiger partial charge in [0.2, 0.25) is 0 Å². The zero-order chi connectivity index (χ0) is 16.0. The number of nitrogens with zero attached hydrogens (tertiary/aromatic N) is 2. The molecule has 1 aromatic carbocycles. The van der Waals surface area contributed by atoms with Gasteiger partial charge in [-0.25, -0.2) is 4.79 Å². The second kappa shape index (κ2) is 7.67. The molecule has 0 saturated heterocycles. The van der Waals surface area contributed by atoms with Crippen molar-refractivity contribution in [1.82, 2.24) is 4.90 Å². The van der Waals surface area contributed by atoms with Crippen LogP contribution in [0.1, 0.15) is 32.8 Å². The van der Waals surface area contributed by atoms with Crippen LogP contribution in [0.3, 0.4) is 0 Å². The van der Waals surface area contributed by atoms with Gasteiger partial charge < -0.3 is 10.0 Å². The number of aliphatic carboxylic acids is 1. The fourth-order valence-electron chi connectivity index (χ4n) is 2.10. The van der Waals surface area contributed by atoms with Gasteiger partial charge in [-0.3, -0.25) is 9.69 Å². The van der Waals surface area contributed by atoms with Crippen LogP contribution in [0.2, 0.25) is 0 Å². The topological polar surface area (TPSA) is 60.9 Å². The summed E-state index contributed by atoms with van der Waals surface area (Å²) in [6.45, 7) is 8.08. The molecule has 0 aliphatic rings. The van der Waals surface area contributed by atoms with Crippen molar-refractivity contribution in [2.45, 2.75) is 40.2 Å². The Labute approximate surface area is 126 Å². The van der Waals surface area contributed by atoms with Crippen molar-refractivity contribution in [3.8, 4) is 0 Å². The van der Waals surface area contributed by atoms with Crippen molar-refractivity contribution in [3.63, 3.8) is 0 Å². The molecule has 0 aromatic heterocycles. The highest BCUT2D eigenvalue weighted by Crippen LogP contribution is 2.18. The summed E-state index contributed by atoms with van der Waals surface area (Å²) in [5, 5.41) is 9.09. The normalized spacial score (nSPS) is 10.5. The third-order valence-corrected chi connectivity index (χ3v) is 3.20. The van der Waals surface area contributed by atoms with E-state index in [1.54, 1.807) is 17.0 Å². The Morgan fingerprint density at radius 1 is 1.19 bits per heavy atom. The number of amides is 2. The monoisotopic (exact) mass is 292 g/mol. The number of benzene rings is 1. The third-order valence-electron chi connectivity index (χ3n) is 3.20. The van der Waals surface area contributed by atoms with Crippen LogP contribution in [0.4, 0.5) is 10.5 Å². The van der Waals surface area contributed by atoms with Gasteiger partial charge >= 0.3 is 12.0 Å². The van der Waals surface area contributed by atoms with E-state index in [9.17, 15) is 9.59 Å². The van der Waals surface area contributed by atoms with Gasteiger partial charge in [0.25, 0.3) is 0 Å². The molecule has 1 aromatic rings. The van der Waals surface area contributed by atoms with Gasteiger partial charge in [0.05, 0.1) is 0 Å². The first-order chi connectivity index (χ1) is 9.86. The Morgan fingerprint density at radius 2 is 1.76 bits per heavy atom. The molecule has 0 heterocycles. The summed E-state index contributed by atoms with van der Waals surface area (Å²) >= 11 is 0. The minimum absolute atomic E-state index is 0.0270. The standard InChI is InChI=1S/C16H24N2O3/c1-5-10-17(12(2)3)16(21)18(11-15(19)20)14-8-6-13(4)7-9-14/h6-9,12H,5,10-11H2,1-4H3,(H,19,20). The molecule has 0 aliphatic heterocycles. The number of rotatable bonds is 6. The van der Waals surface area contributed by atoms with Crippen molar-refractivity contribution in [1.29, 1.82) is 0 Å². The molecule has 0 bridgehead atoms. The van der Waals surface area contributed by atoms with Crippen LogP contribution in [0.25, 0.3) is 0 Å². The molecular formula is C16H24N2O3. The Bertz CT molecular complexity index is 483. The number of carbonyl (C=O) groups is 2. The molecule has 1 rings (SSSR count). The van der Waals surface area contributed by atoms with Crippen molar-refractivity contribution < 1.29 is 14.7 Å². The van der Waals surface area contributed by atoms with Gasteiger partial charge in [-0.15, -0.1) is 0 Å². The minimum atomic E-state index is -1.02. The van der Waals surface area contributed by atoms with Gasteiger partial charge in [0.1, 0.15) is 6.54 Å². The smallest absolute Gasteiger partial charge is 0.325 e. The number of hydrogen-bond acceptors (Lipinski definition) is 2. The molecule has 116 valence electrons. The number of urea groups is 1. The fourth-order valence-corrected chi connectivity index (χ4v) is 2.10. The van der Waals surface area contributed by atoms with Crippen LogP contribution in [0.15, 0.2) is 24.3 Å². The second-order valence-electron chi connectivity index (χ2n) is 5.39. The molecule has 0 aliphatic carbocycles. The van der Waals surface area contributed by atoms with Crippen molar-refractivity contribution in [2.75, 3.05) is 18.0 Å². The summed E-state index contributed by atoms with van der Waals surface area (Å²) in [6.07, 6.45) is 0.832. The van der Waals surface area contributed by atoms with E-state index in [2.05, 4.69) is 0 Å². The van der Waals surface area contributed by atoms with Crippen LogP contribution < -0.4 is 4.90 Å². The van der Waals surface area contributed by atoms with E-state index in [-0.39, 0.29) is 18.6 Å². The quantitative estimate of drug-likeness (QED) is 0.876. The van der Waals surface area contributed by atoms with E-state index in [4.69, 9.17) is 5.11 Å². The van der Waals surface area contributed by atoms with Gasteiger partial charge in [-0.05, 0) is 39.3 Å². The summed E-state index contributed by atoms with van der Waals surface area (Å²) in [7, 11) is 0. The molecule has 0 fully saturated rings. The third kappa shape index (κ3) is 4.77. The molecule has 5 heteroatoms. The number of anilines is 1. The molecular weight excluding hydrogens is 268 g/mol. The van der Waals surface area contributed by atoms with Crippen LogP contribution in [0.5, 0.6) is 0 Å². The number of carbonyl (C=O) groups excluding carboxylic acids is 1. The molecule has 5 nitrogen and oxygen atoms in total. The minimum Gasteiger partial charge on any atom is -0.480 e. The van der Waals surface area contributed by atoms with E-state index >= 15 is 0 Å². The first-order valence-corrected chi connectivity index (χ1v) is 7.23. The maximum Gasteiger partial charge on any atom is 0.325 e. The summed E-state index contributed by atoms with van der Waals surface area (Å²) in [5.74, 6) is -1.02. The molecule has 1 N–H and O–H groups in total. The molecule has 0 radical (unpaired) electrons. The Balaban J connectivity index is 3.08. The van der Waals surface area contributed by atoms with Crippen LogP contribution in [-0.4, -0.2) is 41.1 Å². The highest BCUT2D eigenvalue weighted by molar-refractivity contribution is 5.96. The largest absolute Gasteiger partial charge is 0.480 e. The van der Waals surface area contributed by atoms with Crippen molar-refractivity contribution in [2.24, 2.45) is 0 Å². The Hall–Kier alpha value is -2.04. The summed E-state index contributed by atoms with van der Waals surface area (Å²) < 4.78 is 0. The number of carboxylic acids is 1. The average molecular weight is 292 g/mol. The summed E-state index contributed by atoms with van der Waals surface area (Å²) in [6, 6.07) is 7.06. The molecule has 0 atom stereocenters. The van der Waals surface area contributed by atoms with Gasteiger partial charge in [0, 0.05) is 18.3 Å². The first-order valence-electron chi connectivity index (χ1n) is 7.23. The van der Waals surface area contributed by atoms with Gasteiger partial charge in [0.15, 0.2) is 0 Å². The first kappa shape index (κ1) is 17.0. The molecule has 0 unspecified atom stereocenters. The lowest BCUT2D eigenvalue weighted by Crippen LogP contribution is -2.48. The van der Waals surface area contributed by atoms with Crippen molar-refractivity contribution >= 4 is 17.7 Å². The highest BCUT2D eigenvalue weighted by atomic mass is 16.4. The lowest BCUT2D eigenvalue weighted by molar-refractivity contribution is -0.135. The summed E-state index contributed by atoms with van der Waals surface area (Å²) in [4.78, 5) is 26.8. The lowest BCUT2D eigenvalue weighted by atomic mass is 10.2. The Morgan fingerprint density at radius 3 is 2.19 bits per heavy atom. The van der Waals surface area contributed by atoms with Gasteiger partial charge in [-0.1, -0.05) is 24.6 Å². The number of carboxylic acid groups (broad SMARTS) is 1. The molecule has 0 saturated carbocycles. The number of hydrogen-bond donors (Lipinski definition) is 1. The summed E-state index contributed by atoms with van der Waals surface area (Å²) in [5.41, 5.74) is 1.67. The lowest BCUT2D eigenvalue weighted by Gasteiger charge is -2.32. The zero-order valence-electron chi connectivity index (χ0n) is 13.2. The Kier molecular flexibility index (Phi) is 6.21. The van der Waals surface area contributed by atoms with E-state index in [1.807, 2.05) is 39.8 Å². The maximum absolute atomic E-state index is 12.7. The second-order valence-corrected chi connectivity index (χ2v) is 5.39. The highest BCUT2D eigenvalue weighted by Gasteiger charge is 2.25. The molecule has 21 heavy (non-hydrogen) atoms. The average Bonchev–Trinajstić information content (AvgIpc) is 2.42. The number of aryl methyl sites for hydroxylation is 1. The van der Waals surface area contributed by atoms with E-state index in [1.165, 1.54) is 4.90 Å². The maximum atomic E-state index is 12.7.